The van der Waals surface area contributed by atoms with E-state index in [1.165, 1.54) is 0 Å². The largest absolute Gasteiger partial charge is 0.481 e. The maximum Gasteiger partial charge on any atom is 0.303 e. The summed E-state index contributed by atoms with van der Waals surface area (Å²) in [5, 5.41) is 20.7. The van der Waals surface area contributed by atoms with E-state index in [2.05, 4.69) is 15.6 Å². The number of hydrogen-bond acceptors (Lipinski definition) is 5. The lowest BCUT2D eigenvalue weighted by Crippen LogP contribution is -2.50. The van der Waals surface area contributed by atoms with Gasteiger partial charge in [0.25, 0.3) is 5.97 Å². The van der Waals surface area contributed by atoms with E-state index in [4.69, 9.17) is 15.0 Å². The third kappa shape index (κ3) is 12.3. The molecule has 9 heteroatoms. The molecule has 1 fully saturated rings. The highest BCUT2D eigenvalue weighted by Crippen LogP contribution is 2.00. The summed E-state index contributed by atoms with van der Waals surface area (Å²) in [6, 6.07) is 0. The van der Waals surface area contributed by atoms with Crippen LogP contribution < -0.4 is 10.6 Å². The summed E-state index contributed by atoms with van der Waals surface area (Å²) < 4.78 is 0. The molecule has 1 aliphatic rings. The summed E-state index contributed by atoms with van der Waals surface area (Å²) in [5.41, 5.74) is 0. The summed E-state index contributed by atoms with van der Waals surface area (Å²) in [6.07, 6.45) is 2.08. The van der Waals surface area contributed by atoms with Crippen molar-refractivity contribution in [2.45, 2.75) is 39.0 Å². The maximum atomic E-state index is 11.0. The van der Waals surface area contributed by atoms with Gasteiger partial charge in [0.05, 0.1) is 0 Å². The first-order chi connectivity index (χ1) is 9.81. The number of carboxylic acid groups (broad SMARTS) is 2. The minimum atomic E-state index is -0.833. The smallest absolute Gasteiger partial charge is 0.303 e. The van der Waals surface area contributed by atoms with Gasteiger partial charge in [-0.3, -0.25) is 34.8 Å². The molecule has 0 aromatic rings. The third-order valence-electron chi connectivity index (χ3n) is 2.16. The minimum absolute atomic E-state index is 0.157. The molecular formula is C12H19N3O6. The van der Waals surface area contributed by atoms with Gasteiger partial charge in [0, 0.05) is 19.9 Å². The van der Waals surface area contributed by atoms with Gasteiger partial charge in [-0.1, -0.05) is 6.42 Å². The quantitative estimate of drug-likeness (QED) is 0.392. The zero-order valence-corrected chi connectivity index (χ0v) is 11.7. The van der Waals surface area contributed by atoms with Gasteiger partial charge >= 0.3 is 5.97 Å². The summed E-state index contributed by atoms with van der Waals surface area (Å²) in [6.45, 7) is 1.54. The topological polar surface area (TPSA) is 145 Å². The van der Waals surface area contributed by atoms with Crippen LogP contribution in [0.1, 0.15) is 39.0 Å². The Kier molecular flexibility index (Phi) is 9.14. The number of aliphatic imine (C=N–C) groups is 1. The standard InChI is InChI=1S/C10H15N3O4.C2H4O2/c14-7-6-8(15)13-10(12-7)11-5-3-1-2-4-9(16)17;1-2(3)4/h1-6H2,(H,16,17)(H2,11,12,13,14,15);1H3,(H,3,4). The van der Waals surface area contributed by atoms with Crippen LogP contribution >= 0.6 is 0 Å². The predicted molar refractivity (Wildman–Crippen MR) is 72.6 cm³/mol. The summed E-state index contributed by atoms with van der Waals surface area (Å²) in [4.78, 5) is 45.2. The molecule has 0 atom stereocenters. The Labute approximate surface area is 121 Å². The van der Waals surface area contributed by atoms with Gasteiger partial charge in [-0.15, -0.1) is 0 Å². The van der Waals surface area contributed by atoms with Crippen molar-refractivity contribution >= 4 is 29.7 Å². The van der Waals surface area contributed by atoms with Crippen LogP contribution in [-0.2, 0) is 19.2 Å². The fourth-order valence-corrected chi connectivity index (χ4v) is 1.36. The number of nitrogens with one attached hydrogen (secondary N) is 2. The molecular weight excluding hydrogens is 282 g/mol. The molecule has 1 saturated heterocycles. The van der Waals surface area contributed by atoms with Crippen LogP contribution in [-0.4, -0.2) is 46.5 Å². The molecule has 0 unspecified atom stereocenters. The predicted octanol–water partition coefficient (Wildman–Crippen LogP) is -0.286. The molecule has 0 saturated carbocycles. The molecule has 21 heavy (non-hydrogen) atoms. The first-order valence-electron chi connectivity index (χ1n) is 6.36. The molecule has 0 spiro atoms. The van der Waals surface area contributed by atoms with Crippen molar-refractivity contribution in [1.29, 1.82) is 0 Å². The molecule has 0 aliphatic carbocycles. The van der Waals surface area contributed by atoms with Crippen molar-refractivity contribution in [2.75, 3.05) is 6.54 Å². The molecule has 1 aliphatic heterocycles. The number of carbonyl (C=O) groups excluding carboxylic acids is 2. The van der Waals surface area contributed by atoms with Crippen molar-refractivity contribution in [3.05, 3.63) is 0 Å². The van der Waals surface area contributed by atoms with E-state index in [0.29, 0.717) is 13.0 Å². The number of guanidine groups is 1. The van der Waals surface area contributed by atoms with Gasteiger partial charge in [0.1, 0.15) is 6.42 Å². The maximum absolute atomic E-state index is 11.0. The van der Waals surface area contributed by atoms with Crippen molar-refractivity contribution in [3.8, 4) is 0 Å². The number of carbonyl (C=O) groups is 4. The van der Waals surface area contributed by atoms with Crippen LogP contribution in [0.15, 0.2) is 4.99 Å². The number of hydrogen-bond donors (Lipinski definition) is 4. The molecule has 9 nitrogen and oxygen atoms in total. The Morgan fingerprint density at radius 3 is 2.10 bits per heavy atom. The van der Waals surface area contributed by atoms with Gasteiger partial charge in [-0.05, 0) is 12.8 Å². The summed E-state index contributed by atoms with van der Waals surface area (Å²) in [7, 11) is 0. The Bertz CT molecular complexity index is 411. The molecule has 1 heterocycles. The second-order valence-corrected chi connectivity index (χ2v) is 4.23. The number of unbranched alkanes of at least 4 members (excludes halogenated alkanes) is 2. The molecule has 1 rings (SSSR count). The fraction of sp³-hybridized carbons (Fsp3) is 0.583. The van der Waals surface area contributed by atoms with Crippen LogP contribution in [0.3, 0.4) is 0 Å². The second-order valence-electron chi connectivity index (χ2n) is 4.23. The lowest BCUT2D eigenvalue weighted by molar-refractivity contribution is -0.137. The van der Waals surface area contributed by atoms with Gasteiger partial charge in [-0.2, -0.15) is 0 Å². The molecule has 4 N–H and O–H groups in total. The van der Waals surface area contributed by atoms with Crippen molar-refractivity contribution in [2.24, 2.45) is 4.99 Å². The average Bonchev–Trinajstić information content (AvgIpc) is 2.31. The Hall–Kier alpha value is -2.45. The zero-order chi connectivity index (χ0) is 16.3. The SMILES string of the molecule is CC(=O)O.O=C(O)CCCCCN=C1NC(=O)CC(=O)N1. The zero-order valence-electron chi connectivity index (χ0n) is 11.7. The number of aliphatic carboxylic acids is 2. The summed E-state index contributed by atoms with van der Waals surface area (Å²) >= 11 is 0. The van der Waals surface area contributed by atoms with Crippen LogP contribution in [0.5, 0.6) is 0 Å². The molecule has 0 aromatic heterocycles. The van der Waals surface area contributed by atoms with E-state index in [1.54, 1.807) is 0 Å². The van der Waals surface area contributed by atoms with Gasteiger partial charge < -0.3 is 10.2 Å². The van der Waals surface area contributed by atoms with Crippen molar-refractivity contribution in [1.82, 2.24) is 10.6 Å². The van der Waals surface area contributed by atoms with Crippen molar-refractivity contribution in [3.63, 3.8) is 0 Å². The second kappa shape index (κ2) is 10.4. The lowest BCUT2D eigenvalue weighted by Gasteiger charge is -2.14. The van der Waals surface area contributed by atoms with Crippen LogP contribution in [0.25, 0.3) is 0 Å². The normalized spacial score (nSPS) is 13.5. The van der Waals surface area contributed by atoms with E-state index in [0.717, 1.165) is 19.8 Å². The summed E-state index contributed by atoms with van der Waals surface area (Å²) in [5.74, 6) is -2.18. The molecule has 0 radical (unpaired) electrons. The Morgan fingerprint density at radius 1 is 1.10 bits per heavy atom. The highest BCUT2D eigenvalue weighted by atomic mass is 16.4. The number of carboxylic acids is 2. The van der Waals surface area contributed by atoms with E-state index in [1.807, 2.05) is 0 Å². The van der Waals surface area contributed by atoms with E-state index < -0.39 is 11.9 Å². The number of amides is 2. The highest BCUT2D eigenvalue weighted by Gasteiger charge is 2.19. The molecule has 0 bridgehead atoms. The van der Waals surface area contributed by atoms with E-state index >= 15 is 0 Å². The molecule has 2 amide bonds. The molecule has 0 aromatic carbocycles. The monoisotopic (exact) mass is 301 g/mol. The van der Waals surface area contributed by atoms with Gasteiger partial charge in [0.15, 0.2) is 0 Å². The Balaban J connectivity index is 0.000000885. The van der Waals surface area contributed by atoms with Gasteiger partial charge in [-0.25, -0.2) is 0 Å². The highest BCUT2D eigenvalue weighted by molar-refractivity contribution is 6.15. The first kappa shape index (κ1) is 18.6. The van der Waals surface area contributed by atoms with Gasteiger partial charge in [0.2, 0.25) is 17.8 Å². The Morgan fingerprint density at radius 2 is 1.62 bits per heavy atom. The number of rotatable bonds is 6. The van der Waals surface area contributed by atoms with Crippen molar-refractivity contribution < 1.29 is 29.4 Å². The average molecular weight is 301 g/mol. The van der Waals surface area contributed by atoms with Crippen LogP contribution in [0.4, 0.5) is 0 Å². The number of nitrogens with zero attached hydrogens (tertiary/aromatic N) is 1. The minimum Gasteiger partial charge on any atom is -0.481 e. The van der Waals surface area contributed by atoms with Crippen LogP contribution in [0.2, 0.25) is 0 Å². The third-order valence-corrected chi connectivity index (χ3v) is 2.16. The lowest BCUT2D eigenvalue weighted by atomic mass is 10.2. The fourth-order valence-electron chi connectivity index (χ4n) is 1.36. The van der Waals surface area contributed by atoms with Crippen LogP contribution in [0, 0.1) is 0 Å². The molecule has 118 valence electrons. The first-order valence-corrected chi connectivity index (χ1v) is 6.36. The van der Waals surface area contributed by atoms with E-state index in [9.17, 15) is 14.4 Å². The van der Waals surface area contributed by atoms with E-state index in [-0.39, 0.29) is 30.6 Å².